The number of hydrogen-bond donors (Lipinski definition) is 0. The first kappa shape index (κ1) is 21.5. The van der Waals surface area contributed by atoms with Crippen molar-refractivity contribution >= 4 is 21.0 Å². The third kappa shape index (κ3) is 3.67. The fraction of sp³-hybridized carbons (Fsp3) is 0.211. The SMILES string of the molecule is COc1ccc(-c2cn(C)c3c(OC)ccc(OS(=O)(=O)C(F)(F)F)c3c2=O)cc1. The molecule has 0 radical (unpaired) electrons. The minimum atomic E-state index is -5.98. The van der Waals surface area contributed by atoms with Crippen LogP contribution in [0.4, 0.5) is 13.2 Å². The molecule has 1 aromatic heterocycles. The molecule has 2 aromatic carbocycles. The molecule has 0 unspecified atom stereocenters. The van der Waals surface area contributed by atoms with Gasteiger partial charge in [0, 0.05) is 18.8 Å². The van der Waals surface area contributed by atoms with E-state index in [0.717, 1.165) is 6.07 Å². The molecule has 0 spiro atoms. The molecule has 0 N–H and O–H groups in total. The fourth-order valence-electron chi connectivity index (χ4n) is 2.95. The van der Waals surface area contributed by atoms with Crippen molar-refractivity contribution in [3.8, 4) is 28.4 Å². The Morgan fingerprint density at radius 2 is 1.53 bits per heavy atom. The minimum Gasteiger partial charge on any atom is -0.497 e. The summed E-state index contributed by atoms with van der Waals surface area (Å²) in [6.45, 7) is 0. The molecule has 3 aromatic rings. The van der Waals surface area contributed by atoms with Gasteiger partial charge >= 0.3 is 15.6 Å². The van der Waals surface area contributed by atoms with Crippen LogP contribution in [0.1, 0.15) is 0 Å². The van der Waals surface area contributed by atoms with E-state index >= 15 is 0 Å². The lowest BCUT2D eigenvalue weighted by Crippen LogP contribution is -2.28. The van der Waals surface area contributed by atoms with Crippen molar-refractivity contribution < 1.29 is 35.2 Å². The van der Waals surface area contributed by atoms with Crippen LogP contribution < -0.4 is 19.1 Å². The lowest BCUT2D eigenvalue weighted by molar-refractivity contribution is -0.0499. The molecule has 0 atom stereocenters. The number of nitrogens with zero attached hydrogens (tertiary/aromatic N) is 1. The maximum atomic E-state index is 13.2. The molecule has 0 aliphatic carbocycles. The molecule has 3 rings (SSSR count). The quantitative estimate of drug-likeness (QED) is 0.444. The number of rotatable bonds is 5. The zero-order valence-corrected chi connectivity index (χ0v) is 16.8. The van der Waals surface area contributed by atoms with Gasteiger partial charge in [0.2, 0.25) is 5.43 Å². The Labute approximate surface area is 169 Å². The van der Waals surface area contributed by atoms with Crippen molar-refractivity contribution in [2.75, 3.05) is 14.2 Å². The fourth-order valence-corrected chi connectivity index (χ4v) is 3.42. The van der Waals surface area contributed by atoms with E-state index in [1.807, 2.05) is 0 Å². The Morgan fingerprint density at radius 1 is 0.933 bits per heavy atom. The molecule has 0 amide bonds. The molecule has 1 heterocycles. The summed E-state index contributed by atoms with van der Waals surface area (Å²) in [4.78, 5) is 13.2. The van der Waals surface area contributed by atoms with Crippen LogP contribution in [-0.4, -0.2) is 32.7 Å². The smallest absolute Gasteiger partial charge is 0.497 e. The van der Waals surface area contributed by atoms with E-state index in [0.29, 0.717) is 11.3 Å². The van der Waals surface area contributed by atoms with Gasteiger partial charge in [-0.25, -0.2) is 0 Å². The average molecular weight is 443 g/mol. The molecule has 0 fully saturated rings. The highest BCUT2D eigenvalue weighted by molar-refractivity contribution is 7.88. The molecule has 11 heteroatoms. The van der Waals surface area contributed by atoms with Crippen LogP contribution in [0, 0.1) is 0 Å². The van der Waals surface area contributed by atoms with Gasteiger partial charge in [0.05, 0.1) is 25.1 Å². The first-order valence-corrected chi connectivity index (χ1v) is 9.76. The van der Waals surface area contributed by atoms with E-state index < -0.39 is 26.8 Å². The average Bonchev–Trinajstić information content (AvgIpc) is 2.69. The zero-order valence-electron chi connectivity index (χ0n) is 16.0. The van der Waals surface area contributed by atoms with Crippen LogP contribution in [0.3, 0.4) is 0 Å². The summed E-state index contributed by atoms with van der Waals surface area (Å²) in [6.07, 6.45) is 1.47. The van der Waals surface area contributed by atoms with Gasteiger partial charge < -0.3 is 18.2 Å². The van der Waals surface area contributed by atoms with Gasteiger partial charge in [0.1, 0.15) is 11.5 Å². The van der Waals surface area contributed by atoms with Gasteiger partial charge in [0.25, 0.3) is 0 Å². The molecule has 160 valence electrons. The van der Waals surface area contributed by atoms with Gasteiger partial charge in [-0.15, -0.1) is 0 Å². The van der Waals surface area contributed by atoms with Crippen molar-refractivity contribution in [2.45, 2.75) is 5.51 Å². The van der Waals surface area contributed by atoms with Crippen LogP contribution in [0.15, 0.2) is 47.4 Å². The second-order valence-corrected chi connectivity index (χ2v) is 7.72. The van der Waals surface area contributed by atoms with Gasteiger partial charge in [-0.2, -0.15) is 21.6 Å². The van der Waals surface area contributed by atoms with Gasteiger partial charge in [-0.05, 0) is 29.8 Å². The number of aromatic nitrogens is 1. The van der Waals surface area contributed by atoms with Crippen LogP contribution in [0.5, 0.6) is 17.2 Å². The molecule has 0 saturated heterocycles. The van der Waals surface area contributed by atoms with E-state index in [4.69, 9.17) is 9.47 Å². The van der Waals surface area contributed by atoms with E-state index in [-0.39, 0.29) is 22.2 Å². The van der Waals surface area contributed by atoms with Gasteiger partial charge in [-0.1, -0.05) is 12.1 Å². The number of methoxy groups -OCH3 is 2. The summed E-state index contributed by atoms with van der Waals surface area (Å²) >= 11 is 0. The number of aryl methyl sites for hydroxylation is 1. The Morgan fingerprint density at radius 3 is 2.07 bits per heavy atom. The standard InChI is InChI=1S/C19H16F3NO6S/c1-23-10-13(11-4-6-12(27-2)7-5-11)18(24)16-14(8-9-15(28-3)17(16)23)29-30(25,26)19(20,21)22/h4-10H,1-3H3. The Kier molecular flexibility index (Phi) is 5.42. The number of halogens is 3. The summed E-state index contributed by atoms with van der Waals surface area (Å²) in [5, 5.41) is -0.363. The number of fused-ring (bicyclic) bond motifs is 1. The van der Waals surface area contributed by atoms with Crippen LogP contribution in [-0.2, 0) is 17.2 Å². The predicted octanol–water partition coefficient (Wildman–Crippen LogP) is 3.45. The Balaban J connectivity index is 2.34. The topological polar surface area (TPSA) is 83.8 Å². The first-order chi connectivity index (χ1) is 14.0. The number of ether oxygens (including phenoxy) is 2. The molecule has 0 saturated carbocycles. The highest BCUT2D eigenvalue weighted by Gasteiger charge is 2.49. The second-order valence-electron chi connectivity index (χ2n) is 6.18. The van der Waals surface area contributed by atoms with E-state index in [1.165, 1.54) is 31.0 Å². The zero-order chi connectivity index (χ0) is 22.3. The van der Waals surface area contributed by atoms with E-state index in [2.05, 4.69) is 4.18 Å². The number of benzene rings is 2. The van der Waals surface area contributed by atoms with Crippen LogP contribution >= 0.6 is 0 Å². The van der Waals surface area contributed by atoms with E-state index in [9.17, 15) is 26.4 Å². The minimum absolute atomic E-state index is 0.0784. The number of hydrogen-bond acceptors (Lipinski definition) is 6. The molecular formula is C19H16F3NO6S. The van der Waals surface area contributed by atoms with Crippen molar-refractivity contribution in [3.05, 3.63) is 52.8 Å². The highest BCUT2D eigenvalue weighted by Crippen LogP contribution is 2.35. The van der Waals surface area contributed by atoms with Crippen molar-refractivity contribution in [2.24, 2.45) is 7.05 Å². The molecule has 30 heavy (non-hydrogen) atoms. The monoisotopic (exact) mass is 443 g/mol. The summed E-state index contributed by atoms with van der Waals surface area (Å²) < 4.78 is 77.6. The second kappa shape index (κ2) is 7.56. The Hall–Kier alpha value is -3.21. The summed E-state index contributed by atoms with van der Waals surface area (Å²) in [7, 11) is -1.66. The highest BCUT2D eigenvalue weighted by atomic mass is 32.2. The Bertz CT molecular complexity index is 1260. The molecular weight excluding hydrogens is 427 g/mol. The van der Waals surface area contributed by atoms with Crippen molar-refractivity contribution in [1.29, 1.82) is 0 Å². The maximum absolute atomic E-state index is 13.2. The normalized spacial score (nSPS) is 12.1. The molecule has 7 nitrogen and oxygen atoms in total. The van der Waals surface area contributed by atoms with Crippen molar-refractivity contribution in [1.82, 2.24) is 4.57 Å². The lowest BCUT2D eigenvalue weighted by atomic mass is 10.0. The lowest BCUT2D eigenvalue weighted by Gasteiger charge is -2.16. The van der Waals surface area contributed by atoms with Crippen LogP contribution in [0.25, 0.3) is 22.0 Å². The van der Waals surface area contributed by atoms with Gasteiger partial charge in [0.15, 0.2) is 5.75 Å². The number of alkyl halides is 3. The summed E-state index contributed by atoms with van der Waals surface area (Å²) in [5.41, 5.74) is -5.73. The summed E-state index contributed by atoms with van der Waals surface area (Å²) in [5.74, 6) is -0.0555. The molecule has 0 aliphatic heterocycles. The molecule has 0 bridgehead atoms. The molecule has 0 aliphatic rings. The van der Waals surface area contributed by atoms with Crippen LogP contribution in [0.2, 0.25) is 0 Å². The van der Waals surface area contributed by atoms with Gasteiger partial charge in [-0.3, -0.25) is 4.79 Å². The summed E-state index contributed by atoms with van der Waals surface area (Å²) in [6, 6.07) is 8.56. The maximum Gasteiger partial charge on any atom is 0.534 e. The third-order valence-electron chi connectivity index (χ3n) is 4.35. The third-order valence-corrected chi connectivity index (χ3v) is 5.32. The van der Waals surface area contributed by atoms with Crippen molar-refractivity contribution in [3.63, 3.8) is 0 Å². The predicted molar refractivity (Wildman–Crippen MR) is 103 cm³/mol. The number of pyridine rings is 1. The van der Waals surface area contributed by atoms with E-state index in [1.54, 1.807) is 31.3 Å². The largest absolute Gasteiger partial charge is 0.534 e. The first-order valence-electron chi connectivity index (χ1n) is 8.35.